The second kappa shape index (κ2) is 53.5. The van der Waals surface area contributed by atoms with Crippen LogP contribution >= 0.6 is 7.82 Å². The minimum atomic E-state index is -4.54. The van der Waals surface area contributed by atoms with Gasteiger partial charge in [-0.2, -0.15) is 0 Å². The second-order valence-electron chi connectivity index (χ2n) is 21.0. The number of quaternary nitrogens is 1. The fraction of sp³-hybridized carbons (Fsp3) is 0.820. The van der Waals surface area contributed by atoms with Crippen molar-refractivity contribution >= 4 is 13.8 Å². The summed E-state index contributed by atoms with van der Waals surface area (Å²) in [6, 6.07) is 0. The van der Waals surface area contributed by atoms with Crippen LogP contribution in [0, 0.1) is 0 Å². The topological polar surface area (TPSA) is 94.1 Å². The first-order valence-corrected chi connectivity index (χ1v) is 31.0. The second-order valence-corrected chi connectivity index (χ2v) is 22.4. The van der Waals surface area contributed by atoms with Crippen molar-refractivity contribution in [1.82, 2.24) is 0 Å². The summed E-state index contributed by atoms with van der Waals surface area (Å²) >= 11 is 0. The first kappa shape index (κ1) is 68.2. The number of likely N-dealkylation sites (N-methyl/N-ethyl adjacent to an activating group) is 1. The van der Waals surface area contributed by atoms with Gasteiger partial charge < -0.3 is 27.9 Å². The molecule has 9 heteroatoms. The van der Waals surface area contributed by atoms with Crippen molar-refractivity contribution in [3.63, 3.8) is 0 Å². The molecule has 410 valence electrons. The fourth-order valence-electron chi connectivity index (χ4n) is 8.34. The molecule has 0 spiro atoms. The van der Waals surface area contributed by atoms with Crippen LogP contribution in [0.2, 0.25) is 0 Å². The summed E-state index contributed by atoms with van der Waals surface area (Å²) in [7, 11) is 1.36. The molecule has 0 aliphatic heterocycles. The van der Waals surface area contributed by atoms with Gasteiger partial charge in [-0.05, 0) is 57.8 Å². The number of rotatable bonds is 55. The highest BCUT2D eigenvalue weighted by Crippen LogP contribution is 2.38. The summed E-state index contributed by atoms with van der Waals surface area (Å²) in [5.41, 5.74) is 0. The summed E-state index contributed by atoms with van der Waals surface area (Å²) in [5.74, 6) is -0.331. The molecule has 70 heavy (non-hydrogen) atoms. The summed E-state index contributed by atoms with van der Waals surface area (Å²) in [5, 5.41) is 0. The van der Waals surface area contributed by atoms with E-state index in [0.29, 0.717) is 24.1 Å². The van der Waals surface area contributed by atoms with E-state index in [4.69, 9.17) is 18.5 Å². The van der Waals surface area contributed by atoms with Crippen molar-refractivity contribution in [2.45, 2.75) is 270 Å². The Hall–Kier alpha value is -1.80. The van der Waals surface area contributed by atoms with Crippen LogP contribution in [0.3, 0.4) is 0 Å². The van der Waals surface area contributed by atoms with Gasteiger partial charge in [-0.3, -0.25) is 9.36 Å². The molecule has 0 heterocycles. The Kier molecular flexibility index (Phi) is 52.1. The standard InChI is InChI=1S/C61H114NO7P/c1-6-8-10-12-14-16-18-20-22-24-26-28-30-31-32-33-35-37-39-41-43-45-47-49-51-53-56-66-58-60(59-68-70(64,65)67-57-55-62(3,4)5)69-61(63)54-52-50-48-46-44-42-40-38-36-34-29-27-25-23-21-19-17-15-13-11-9-7-2/h8,10,14,16,20,22,26,28,31-32,60H,6-7,9,11-13,15,17-19,21,23-25,27,29-30,33-59H2,1-5H3/b10-8-,16-14-,22-20-,28-26-,32-31-. The van der Waals surface area contributed by atoms with E-state index in [1.807, 2.05) is 21.1 Å². The number of ether oxygens (including phenoxy) is 2. The van der Waals surface area contributed by atoms with Crippen LogP contribution in [0.1, 0.15) is 264 Å². The third kappa shape index (κ3) is 57.1. The van der Waals surface area contributed by atoms with Gasteiger partial charge in [0.15, 0.2) is 0 Å². The number of allylic oxidation sites excluding steroid dienone is 10. The third-order valence-electron chi connectivity index (χ3n) is 12.8. The number of carbonyl (C=O) groups excluding carboxylic acids is 1. The van der Waals surface area contributed by atoms with Gasteiger partial charge in [-0.1, -0.05) is 261 Å². The zero-order valence-corrected chi connectivity index (χ0v) is 47.6. The molecule has 0 rings (SSSR count). The van der Waals surface area contributed by atoms with Crippen LogP contribution in [0.25, 0.3) is 0 Å². The van der Waals surface area contributed by atoms with E-state index >= 15 is 0 Å². The van der Waals surface area contributed by atoms with E-state index in [0.717, 1.165) is 64.2 Å². The molecule has 2 atom stereocenters. The van der Waals surface area contributed by atoms with E-state index in [1.54, 1.807) is 0 Å². The molecule has 0 aromatic heterocycles. The van der Waals surface area contributed by atoms with Gasteiger partial charge >= 0.3 is 5.97 Å². The molecule has 0 amide bonds. The predicted octanol–water partition coefficient (Wildman–Crippen LogP) is 18.2. The monoisotopic (exact) mass is 1000 g/mol. The number of phosphoric ester groups is 1. The Morgan fingerprint density at radius 2 is 0.829 bits per heavy atom. The minimum Gasteiger partial charge on any atom is -0.756 e. The van der Waals surface area contributed by atoms with Crippen LogP contribution in [0.4, 0.5) is 0 Å². The van der Waals surface area contributed by atoms with Gasteiger partial charge in [-0.15, -0.1) is 0 Å². The molecule has 8 nitrogen and oxygen atoms in total. The molecular weight excluding hydrogens is 890 g/mol. The lowest BCUT2D eigenvalue weighted by Crippen LogP contribution is -2.37. The number of esters is 1. The van der Waals surface area contributed by atoms with Crippen LogP contribution in [-0.4, -0.2) is 70.7 Å². The van der Waals surface area contributed by atoms with Gasteiger partial charge in [0.2, 0.25) is 0 Å². The summed E-state index contributed by atoms with van der Waals surface area (Å²) in [6.45, 7) is 5.33. The lowest BCUT2D eigenvalue weighted by Gasteiger charge is -2.28. The largest absolute Gasteiger partial charge is 0.756 e. The van der Waals surface area contributed by atoms with Crippen molar-refractivity contribution in [1.29, 1.82) is 0 Å². The normalized spacial score (nSPS) is 13.9. The van der Waals surface area contributed by atoms with E-state index in [1.165, 1.54) is 180 Å². The number of nitrogens with zero attached hydrogens (tertiary/aromatic N) is 1. The summed E-state index contributed by atoms with van der Waals surface area (Å²) < 4.78 is 34.9. The van der Waals surface area contributed by atoms with Gasteiger partial charge in [0.1, 0.15) is 19.3 Å². The maximum absolute atomic E-state index is 12.8. The molecule has 0 aromatic rings. The van der Waals surface area contributed by atoms with Gasteiger partial charge in [0, 0.05) is 13.0 Å². The molecular formula is C61H114NO7P. The van der Waals surface area contributed by atoms with Crippen molar-refractivity contribution in [2.24, 2.45) is 0 Å². The zero-order valence-electron chi connectivity index (χ0n) is 46.7. The van der Waals surface area contributed by atoms with E-state index in [2.05, 4.69) is 74.6 Å². The van der Waals surface area contributed by atoms with E-state index in [-0.39, 0.29) is 25.8 Å². The van der Waals surface area contributed by atoms with Gasteiger partial charge in [-0.25, -0.2) is 0 Å². The average Bonchev–Trinajstić information content (AvgIpc) is 3.32. The number of hydrogen-bond acceptors (Lipinski definition) is 7. The number of unbranched alkanes of at least 4 members (excludes halogenated alkanes) is 31. The Balaban J connectivity index is 4.06. The Labute approximate surface area is 434 Å². The molecule has 0 aliphatic rings. The quantitative estimate of drug-likeness (QED) is 0.0197. The van der Waals surface area contributed by atoms with Crippen molar-refractivity contribution in [3.8, 4) is 0 Å². The maximum Gasteiger partial charge on any atom is 0.306 e. The Morgan fingerprint density at radius 3 is 1.24 bits per heavy atom. The number of hydrogen-bond donors (Lipinski definition) is 0. The van der Waals surface area contributed by atoms with E-state index < -0.39 is 13.9 Å². The van der Waals surface area contributed by atoms with Crippen molar-refractivity contribution in [3.05, 3.63) is 60.8 Å². The molecule has 0 fully saturated rings. The lowest BCUT2D eigenvalue weighted by atomic mass is 10.0. The smallest absolute Gasteiger partial charge is 0.306 e. The Bertz CT molecular complexity index is 1300. The van der Waals surface area contributed by atoms with Gasteiger partial charge in [0.25, 0.3) is 7.82 Å². The molecule has 0 radical (unpaired) electrons. The highest BCUT2D eigenvalue weighted by Gasteiger charge is 2.20. The SMILES string of the molecule is CC/C=C\C/C=C\C/C=C\C/C=C\C/C=C\CCCCCCCCCCCCOCC(COP(=O)([O-])OCC[N+](C)(C)C)OC(=O)CCCCCCCCCCCCCCCCCCCCCCCC. The molecule has 0 saturated carbocycles. The zero-order chi connectivity index (χ0) is 51.2. The highest BCUT2D eigenvalue weighted by atomic mass is 31.2. The molecule has 0 aliphatic carbocycles. The molecule has 2 unspecified atom stereocenters. The molecule has 0 N–H and O–H groups in total. The third-order valence-corrected chi connectivity index (χ3v) is 13.8. The number of phosphoric acid groups is 1. The predicted molar refractivity (Wildman–Crippen MR) is 300 cm³/mol. The molecule has 0 saturated heterocycles. The maximum atomic E-state index is 12.8. The minimum absolute atomic E-state index is 0.0250. The first-order valence-electron chi connectivity index (χ1n) is 29.5. The molecule has 0 aromatic carbocycles. The van der Waals surface area contributed by atoms with Crippen molar-refractivity contribution < 1.29 is 37.3 Å². The lowest BCUT2D eigenvalue weighted by molar-refractivity contribution is -0.870. The molecule has 0 bridgehead atoms. The van der Waals surface area contributed by atoms with Crippen LogP contribution in [0.15, 0.2) is 60.8 Å². The summed E-state index contributed by atoms with van der Waals surface area (Å²) in [4.78, 5) is 25.3. The highest BCUT2D eigenvalue weighted by molar-refractivity contribution is 7.45. The Morgan fingerprint density at radius 1 is 0.457 bits per heavy atom. The summed E-state index contributed by atoms with van der Waals surface area (Å²) in [6.07, 6.45) is 69.8. The van der Waals surface area contributed by atoms with Crippen molar-refractivity contribution in [2.75, 3.05) is 54.1 Å². The van der Waals surface area contributed by atoms with Crippen LogP contribution in [0.5, 0.6) is 0 Å². The number of carbonyl (C=O) groups is 1. The van der Waals surface area contributed by atoms with Crippen LogP contribution in [-0.2, 0) is 27.9 Å². The van der Waals surface area contributed by atoms with E-state index in [9.17, 15) is 14.3 Å². The van der Waals surface area contributed by atoms with Crippen LogP contribution < -0.4 is 4.89 Å². The first-order chi connectivity index (χ1) is 34.1. The average molecular weight is 1000 g/mol. The van der Waals surface area contributed by atoms with Gasteiger partial charge in [0.05, 0.1) is 34.4 Å². The fourth-order valence-corrected chi connectivity index (χ4v) is 9.07.